The van der Waals surface area contributed by atoms with Gasteiger partial charge in [-0.05, 0) is 37.1 Å². The first-order valence-corrected chi connectivity index (χ1v) is 10.5. The molecule has 150 valence electrons. The van der Waals surface area contributed by atoms with Gasteiger partial charge < -0.3 is 15.0 Å². The largest absolute Gasteiger partial charge is 0.497 e. The van der Waals surface area contributed by atoms with Crippen LogP contribution in [0, 0.1) is 0 Å². The number of benzene rings is 2. The predicted molar refractivity (Wildman–Crippen MR) is 114 cm³/mol. The highest BCUT2D eigenvalue weighted by Gasteiger charge is 2.25. The molecule has 1 atom stereocenters. The first-order valence-electron chi connectivity index (χ1n) is 9.37. The summed E-state index contributed by atoms with van der Waals surface area (Å²) in [6.07, 6.45) is 0. The van der Waals surface area contributed by atoms with Crippen LogP contribution in [-0.4, -0.2) is 42.2 Å². The zero-order valence-corrected chi connectivity index (χ0v) is 17.5. The van der Waals surface area contributed by atoms with E-state index in [2.05, 4.69) is 5.32 Å². The maximum absolute atomic E-state index is 12.9. The van der Waals surface area contributed by atoms with Gasteiger partial charge in [0, 0.05) is 18.8 Å². The first-order chi connectivity index (χ1) is 13.5. The SMILES string of the molecule is CCNC(=O)[C@H](C)N(Cc1cccc(OC)c1)C(=O)CSCc1ccccc1. The molecule has 2 aromatic carbocycles. The standard InChI is InChI=1S/C22H28N2O3S/c1-4-23-22(26)17(2)24(14-19-11-8-12-20(13-19)27-3)21(25)16-28-15-18-9-6-5-7-10-18/h5-13,17H,4,14-16H2,1-3H3,(H,23,26)/t17-/m0/s1. The van der Waals surface area contributed by atoms with Gasteiger partial charge >= 0.3 is 0 Å². The molecule has 0 saturated carbocycles. The van der Waals surface area contributed by atoms with Crippen LogP contribution in [0.15, 0.2) is 54.6 Å². The Balaban J connectivity index is 2.07. The smallest absolute Gasteiger partial charge is 0.242 e. The molecule has 2 aromatic rings. The van der Waals surface area contributed by atoms with E-state index in [1.165, 1.54) is 5.56 Å². The van der Waals surface area contributed by atoms with Crippen LogP contribution in [0.5, 0.6) is 5.75 Å². The number of ether oxygens (including phenoxy) is 1. The Labute approximate surface area is 171 Å². The van der Waals surface area contributed by atoms with Crippen molar-refractivity contribution in [3.63, 3.8) is 0 Å². The summed E-state index contributed by atoms with van der Waals surface area (Å²) in [6, 6.07) is 17.1. The molecule has 5 nitrogen and oxygen atoms in total. The van der Waals surface area contributed by atoms with Gasteiger partial charge in [0.2, 0.25) is 11.8 Å². The highest BCUT2D eigenvalue weighted by Crippen LogP contribution is 2.18. The van der Waals surface area contributed by atoms with Gasteiger partial charge in [-0.25, -0.2) is 0 Å². The van der Waals surface area contributed by atoms with Crippen LogP contribution in [-0.2, 0) is 21.9 Å². The second kappa shape index (κ2) is 11.4. The van der Waals surface area contributed by atoms with Crippen molar-refractivity contribution in [1.29, 1.82) is 0 Å². The quantitative estimate of drug-likeness (QED) is 0.663. The van der Waals surface area contributed by atoms with Gasteiger partial charge in [0.15, 0.2) is 0 Å². The van der Waals surface area contributed by atoms with Crippen molar-refractivity contribution in [3.8, 4) is 5.75 Å². The van der Waals surface area contributed by atoms with Gasteiger partial charge in [-0.2, -0.15) is 0 Å². The van der Waals surface area contributed by atoms with Crippen molar-refractivity contribution in [2.75, 3.05) is 19.4 Å². The fraction of sp³-hybridized carbons (Fsp3) is 0.364. The number of nitrogens with zero attached hydrogens (tertiary/aromatic N) is 1. The Morgan fingerprint density at radius 3 is 2.50 bits per heavy atom. The summed E-state index contributed by atoms with van der Waals surface area (Å²) >= 11 is 1.56. The number of carbonyl (C=O) groups is 2. The van der Waals surface area contributed by atoms with E-state index in [0.717, 1.165) is 17.1 Å². The molecule has 0 aliphatic heterocycles. The Morgan fingerprint density at radius 2 is 1.82 bits per heavy atom. The van der Waals surface area contributed by atoms with Crippen molar-refractivity contribution in [3.05, 3.63) is 65.7 Å². The van der Waals surface area contributed by atoms with Gasteiger partial charge in [0.25, 0.3) is 0 Å². The van der Waals surface area contributed by atoms with Crippen LogP contribution < -0.4 is 10.1 Å². The number of carbonyl (C=O) groups excluding carboxylic acids is 2. The van der Waals surface area contributed by atoms with E-state index >= 15 is 0 Å². The lowest BCUT2D eigenvalue weighted by atomic mass is 10.1. The molecule has 0 aliphatic rings. The molecule has 2 rings (SSSR count). The molecule has 0 spiro atoms. The van der Waals surface area contributed by atoms with E-state index in [9.17, 15) is 9.59 Å². The normalized spacial score (nSPS) is 11.5. The second-order valence-electron chi connectivity index (χ2n) is 6.42. The molecule has 0 radical (unpaired) electrons. The van der Waals surface area contributed by atoms with E-state index in [1.807, 2.05) is 61.5 Å². The number of hydrogen-bond acceptors (Lipinski definition) is 4. The molecule has 2 amide bonds. The lowest BCUT2D eigenvalue weighted by molar-refractivity contribution is -0.138. The number of hydrogen-bond donors (Lipinski definition) is 1. The Hall–Kier alpha value is -2.47. The number of rotatable bonds is 10. The molecule has 0 bridgehead atoms. The summed E-state index contributed by atoms with van der Waals surface area (Å²) in [5, 5.41) is 2.81. The zero-order chi connectivity index (χ0) is 20.4. The highest BCUT2D eigenvalue weighted by molar-refractivity contribution is 7.99. The van der Waals surface area contributed by atoms with Crippen LogP contribution in [0.25, 0.3) is 0 Å². The fourth-order valence-electron chi connectivity index (χ4n) is 2.79. The van der Waals surface area contributed by atoms with Crippen molar-refractivity contribution in [2.45, 2.75) is 32.2 Å². The van der Waals surface area contributed by atoms with Gasteiger partial charge in [-0.3, -0.25) is 9.59 Å². The number of likely N-dealkylation sites (N-methyl/N-ethyl adjacent to an activating group) is 1. The zero-order valence-electron chi connectivity index (χ0n) is 16.7. The van der Waals surface area contributed by atoms with Crippen molar-refractivity contribution in [2.24, 2.45) is 0 Å². The number of nitrogens with one attached hydrogen (secondary N) is 1. The molecule has 0 aromatic heterocycles. The minimum Gasteiger partial charge on any atom is -0.497 e. The third-order valence-corrected chi connectivity index (χ3v) is 5.33. The fourth-order valence-corrected chi connectivity index (χ4v) is 3.66. The maximum atomic E-state index is 12.9. The summed E-state index contributed by atoms with van der Waals surface area (Å²) in [7, 11) is 1.61. The number of methoxy groups -OCH3 is 1. The van der Waals surface area contributed by atoms with Crippen molar-refractivity contribution in [1.82, 2.24) is 10.2 Å². The second-order valence-corrected chi connectivity index (χ2v) is 7.41. The minimum atomic E-state index is -0.545. The highest BCUT2D eigenvalue weighted by atomic mass is 32.2. The average molecular weight is 401 g/mol. The third-order valence-electron chi connectivity index (χ3n) is 4.34. The number of thioether (sulfide) groups is 1. The molecule has 0 aliphatic carbocycles. The molecule has 28 heavy (non-hydrogen) atoms. The molecule has 0 unspecified atom stereocenters. The topological polar surface area (TPSA) is 58.6 Å². The van der Waals surface area contributed by atoms with Crippen LogP contribution in [0.4, 0.5) is 0 Å². The van der Waals surface area contributed by atoms with Crippen molar-refractivity contribution >= 4 is 23.6 Å². The number of amides is 2. The van der Waals surface area contributed by atoms with Crippen LogP contribution in [0.2, 0.25) is 0 Å². The van der Waals surface area contributed by atoms with Gasteiger partial charge in [0.05, 0.1) is 12.9 Å². The molecule has 1 N–H and O–H groups in total. The van der Waals surface area contributed by atoms with E-state index in [1.54, 1.807) is 30.7 Å². The summed E-state index contributed by atoms with van der Waals surface area (Å²) in [4.78, 5) is 26.9. The van der Waals surface area contributed by atoms with E-state index in [0.29, 0.717) is 18.8 Å². The molecule has 0 saturated heterocycles. The van der Waals surface area contributed by atoms with Crippen molar-refractivity contribution < 1.29 is 14.3 Å². The lowest BCUT2D eigenvalue weighted by Gasteiger charge is -2.28. The van der Waals surface area contributed by atoms with Crippen LogP contribution >= 0.6 is 11.8 Å². The van der Waals surface area contributed by atoms with Gasteiger partial charge in [0.1, 0.15) is 11.8 Å². The van der Waals surface area contributed by atoms with E-state index in [4.69, 9.17) is 4.74 Å². The third kappa shape index (κ3) is 6.60. The van der Waals surface area contributed by atoms with Crippen LogP contribution in [0.3, 0.4) is 0 Å². The molecule has 6 heteroatoms. The Kier molecular flexibility index (Phi) is 8.88. The molecule has 0 heterocycles. The van der Waals surface area contributed by atoms with E-state index < -0.39 is 6.04 Å². The lowest BCUT2D eigenvalue weighted by Crippen LogP contribution is -2.48. The monoisotopic (exact) mass is 400 g/mol. The Morgan fingerprint density at radius 1 is 1.11 bits per heavy atom. The van der Waals surface area contributed by atoms with Crippen LogP contribution in [0.1, 0.15) is 25.0 Å². The summed E-state index contributed by atoms with van der Waals surface area (Å²) < 4.78 is 5.27. The van der Waals surface area contributed by atoms with Gasteiger partial charge in [-0.15, -0.1) is 11.8 Å². The predicted octanol–water partition coefficient (Wildman–Crippen LogP) is 3.48. The molecular formula is C22H28N2O3S. The Bertz CT molecular complexity index is 767. The minimum absolute atomic E-state index is 0.0532. The van der Waals surface area contributed by atoms with E-state index in [-0.39, 0.29) is 11.8 Å². The summed E-state index contributed by atoms with van der Waals surface area (Å²) in [5.41, 5.74) is 2.10. The molecule has 0 fully saturated rings. The maximum Gasteiger partial charge on any atom is 0.242 e. The summed E-state index contributed by atoms with van der Waals surface area (Å²) in [5.74, 6) is 1.61. The average Bonchev–Trinajstić information content (AvgIpc) is 2.72. The first kappa shape index (κ1) is 21.8. The molecular weight excluding hydrogens is 372 g/mol. The van der Waals surface area contributed by atoms with Gasteiger partial charge in [-0.1, -0.05) is 42.5 Å². The summed E-state index contributed by atoms with van der Waals surface area (Å²) in [6.45, 7) is 4.53.